The largest absolute Gasteiger partial charge is 0.441 e. The highest BCUT2D eigenvalue weighted by atomic mass is 35.5. The highest BCUT2D eigenvalue weighted by molar-refractivity contribution is 6.31. The molecule has 1 atom stereocenters. The van der Waals surface area contributed by atoms with Gasteiger partial charge in [0.1, 0.15) is 18.1 Å². The summed E-state index contributed by atoms with van der Waals surface area (Å²) in [5.74, 6) is 0.632. The Hall–Kier alpha value is -3.90. The molecule has 6 nitrogen and oxygen atoms in total. The van der Waals surface area contributed by atoms with Crippen molar-refractivity contribution in [1.82, 2.24) is 4.98 Å². The normalized spacial score (nSPS) is 14.6. The first-order chi connectivity index (χ1) is 17.4. The third kappa shape index (κ3) is 4.77. The fraction of sp³-hybridized carbons (Fsp3) is 0.207. The van der Waals surface area contributed by atoms with E-state index < -0.39 is 12.2 Å². The van der Waals surface area contributed by atoms with Gasteiger partial charge in [-0.25, -0.2) is 9.78 Å². The number of hydrogen-bond donors (Lipinski definition) is 1. The van der Waals surface area contributed by atoms with E-state index >= 15 is 0 Å². The fourth-order valence-electron chi connectivity index (χ4n) is 4.28. The lowest BCUT2D eigenvalue weighted by molar-refractivity contribution is -0.109. The summed E-state index contributed by atoms with van der Waals surface area (Å²) in [6.45, 7) is 3.47. The number of hydrogen-bond acceptors (Lipinski definition) is 5. The minimum absolute atomic E-state index is 0.213. The maximum Gasteiger partial charge on any atom is 0.414 e. The molecule has 4 aromatic rings. The van der Waals surface area contributed by atoms with E-state index in [1.807, 2.05) is 66.7 Å². The average molecular weight is 501 g/mol. The second-order valence-corrected chi connectivity index (χ2v) is 9.44. The van der Waals surface area contributed by atoms with Gasteiger partial charge in [0.2, 0.25) is 5.88 Å². The van der Waals surface area contributed by atoms with Gasteiger partial charge in [0.15, 0.2) is 5.89 Å². The Kier molecular flexibility index (Phi) is 6.37. The third-order valence-electron chi connectivity index (χ3n) is 6.54. The quantitative estimate of drug-likeness (QED) is 0.265. The van der Waals surface area contributed by atoms with Gasteiger partial charge in [-0.15, -0.1) is 0 Å². The standard InChI is InChI=1S/C29H25ClN2O4/c1-18(24-5-3-4-6-25(24)30)35-28(34)32-27-26(31-19(2)36-27)22-9-7-20(8-10-22)21-11-13-23(14-12-21)29(17-33)15-16-29/h3-14,17-18H,15-16H2,1-2H3,(H,32,34)/t18-/m1/s1. The number of oxazole rings is 1. The Morgan fingerprint density at radius 1 is 1.03 bits per heavy atom. The van der Waals surface area contributed by atoms with Crippen LogP contribution in [0.5, 0.6) is 0 Å². The number of nitrogens with zero attached hydrogens (tertiary/aromatic N) is 1. The van der Waals surface area contributed by atoms with Gasteiger partial charge in [-0.05, 0) is 42.5 Å². The minimum atomic E-state index is -0.666. The van der Waals surface area contributed by atoms with Crippen molar-refractivity contribution in [3.8, 4) is 22.4 Å². The van der Waals surface area contributed by atoms with E-state index in [9.17, 15) is 9.59 Å². The van der Waals surface area contributed by atoms with Gasteiger partial charge in [-0.2, -0.15) is 0 Å². The number of halogens is 1. The number of nitrogens with one attached hydrogen (secondary N) is 1. The van der Waals surface area contributed by atoms with Crippen LogP contribution in [0.25, 0.3) is 22.4 Å². The van der Waals surface area contributed by atoms with Gasteiger partial charge in [0, 0.05) is 23.1 Å². The van der Waals surface area contributed by atoms with E-state index in [1.165, 1.54) is 0 Å². The molecule has 0 saturated heterocycles. The van der Waals surface area contributed by atoms with E-state index in [2.05, 4.69) is 10.3 Å². The Morgan fingerprint density at radius 2 is 1.64 bits per heavy atom. The molecule has 1 aliphatic carbocycles. The van der Waals surface area contributed by atoms with Crippen LogP contribution in [-0.2, 0) is 14.9 Å². The van der Waals surface area contributed by atoms with Crippen LogP contribution in [-0.4, -0.2) is 17.4 Å². The molecular weight excluding hydrogens is 476 g/mol. The molecule has 1 N–H and O–H groups in total. The summed E-state index contributed by atoms with van der Waals surface area (Å²) >= 11 is 6.21. The van der Waals surface area contributed by atoms with Gasteiger partial charge in [0.05, 0.1) is 5.41 Å². The van der Waals surface area contributed by atoms with Crippen molar-refractivity contribution in [3.05, 3.63) is 94.8 Å². The van der Waals surface area contributed by atoms with Crippen molar-refractivity contribution in [2.45, 2.75) is 38.2 Å². The van der Waals surface area contributed by atoms with Crippen molar-refractivity contribution in [3.63, 3.8) is 0 Å². The van der Waals surface area contributed by atoms with Gasteiger partial charge < -0.3 is 13.9 Å². The van der Waals surface area contributed by atoms with Crippen LogP contribution in [0, 0.1) is 6.92 Å². The summed E-state index contributed by atoms with van der Waals surface area (Å²) in [7, 11) is 0. The number of aryl methyl sites for hydroxylation is 1. The number of aromatic nitrogens is 1. The van der Waals surface area contributed by atoms with Crippen molar-refractivity contribution in [2.24, 2.45) is 0 Å². The van der Waals surface area contributed by atoms with Crippen molar-refractivity contribution in [1.29, 1.82) is 0 Å². The summed E-state index contributed by atoms with van der Waals surface area (Å²) in [4.78, 5) is 28.4. The van der Waals surface area contributed by atoms with Crippen molar-refractivity contribution in [2.75, 3.05) is 5.32 Å². The molecule has 0 unspecified atom stereocenters. The number of amides is 1. The first-order valence-electron chi connectivity index (χ1n) is 11.8. The molecule has 36 heavy (non-hydrogen) atoms. The number of carbonyl (C=O) groups is 2. The zero-order valence-electron chi connectivity index (χ0n) is 20.0. The Labute approximate surface area is 214 Å². The molecule has 3 aromatic carbocycles. The molecule has 182 valence electrons. The summed E-state index contributed by atoms with van der Waals surface area (Å²) in [5, 5.41) is 3.19. The zero-order chi connectivity index (χ0) is 25.3. The highest BCUT2D eigenvalue weighted by Crippen LogP contribution is 2.46. The van der Waals surface area contributed by atoms with Gasteiger partial charge in [-0.1, -0.05) is 78.3 Å². The molecule has 7 heteroatoms. The highest BCUT2D eigenvalue weighted by Gasteiger charge is 2.44. The number of benzene rings is 3. The van der Waals surface area contributed by atoms with E-state index in [0.29, 0.717) is 22.2 Å². The number of rotatable bonds is 7. The molecule has 1 saturated carbocycles. The van der Waals surface area contributed by atoms with Crippen LogP contribution >= 0.6 is 11.6 Å². The van der Waals surface area contributed by atoms with E-state index in [1.54, 1.807) is 19.9 Å². The van der Waals surface area contributed by atoms with Crippen LogP contribution in [0.1, 0.15) is 42.9 Å². The second kappa shape index (κ2) is 9.63. The maximum atomic E-state index is 12.6. The minimum Gasteiger partial charge on any atom is -0.441 e. The lowest BCUT2D eigenvalue weighted by Gasteiger charge is -2.15. The van der Waals surface area contributed by atoms with E-state index in [4.69, 9.17) is 20.8 Å². The SMILES string of the molecule is Cc1nc(-c2ccc(-c3ccc(C4(C=O)CC4)cc3)cc2)c(NC(=O)O[C@H](C)c2ccccc2Cl)o1. The number of aldehydes is 1. The first-order valence-corrected chi connectivity index (χ1v) is 12.1. The molecule has 1 amide bonds. The monoisotopic (exact) mass is 500 g/mol. The molecule has 1 heterocycles. The lowest BCUT2D eigenvalue weighted by atomic mass is 9.94. The molecular formula is C29H25ClN2O4. The van der Waals surface area contributed by atoms with Crippen LogP contribution in [0.4, 0.5) is 10.7 Å². The number of carbonyl (C=O) groups excluding carboxylic acids is 2. The average Bonchev–Trinajstić information content (AvgIpc) is 3.61. The Balaban J connectivity index is 1.30. The molecule has 1 aromatic heterocycles. The van der Waals surface area contributed by atoms with E-state index in [-0.39, 0.29) is 11.3 Å². The summed E-state index contributed by atoms with van der Waals surface area (Å²) in [5.41, 5.74) is 4.90. The van der Waals surface area contributed by atoms with Crippen LogP contribution in [0.15, 0.2) is 77.2 Å². The van der Waals surface area contributed by atoms with Gasteiger partial charge in [0.25, 0.3) is 0 Å². The Morgan fingerprint density at radius 3 is 2.25 bits per heavy atom. The zero-order valence-corrected chi connectivity index (χ0v) is 20.7. The van der Waals surface area contributed by atoms with Gasteiger partial charge >= 0.3 is 6.09 Å². The fourth-order valence-corrected chi connectivity index (χ4v) is 4.57. The molecule has 1 fully saturated rings. The summed E-state index contributed by atoms with van der Waals surface area (Å²) in [6, 6.07) is 23.2. The second-order valence-electron chi connectivity index (χ2n) is 9.03. The third-order valence-corrected chi connectivity index (χ3v) is 6.89. The van der Waals surface area contributed by atoms with Crippen LogP contribution in [0.3, 0.4) is 0 Å². The molecule has 0 spiro atoms. The number of ether oxygens (including phenoxy) is 1. The van der Waals surface area contributed by atoms with Crippen molar-refractivity contribution >= 4 is 29.9 Å². The maximum absolute atomic E-state index is 12.6. The first kappa shape index (κ1) is 23.8. The van der Waals surface area contributed by atoms with Crippen LogP contribution < -0.4 is 5.32 Å². The van der Waals surface area contributed by atoms with Crippen molar-refractivity contribution < 1.29 is 18.7 Å². The number of anilines is 1. The molecule has 0 radical (unpaired) electrons. The lowest BCUT2D eigenvalue weighted by Crippen LogP contribution is -2.16. The summed E-state index contributed by atoms with van der Waals surface area (Å²) < 4.78 is 11.1. The Bertz CT molecular complexity index is 1410. The predicted octanol–water partition coefficient (Wildman–Crippen LogP) is 7.51. The smallest absolute Gasteiger partial charge is 0.414 e. The van der Waals surface area contributed by atoms with E-state index in [0.717, 1.165) is 41.4 Å². The topological polar surface area (TPSA) is 81.4 Å². The molecule has 5 rings (SSSR count). The predicted molar refractivity (Wildman–Crippen MR) is 139 cm³/mol. The summed E-state index contributed by atoms with van der Waals surface area (Å²) in [6.07, 6.45) is 1.70. The molecule has 1 aliphatic rings. The molecule has 0 aliphatic heterocycles. The van der Waals surface area contributed by atoms with Gasteiger partial charge in [-0.3, -0.25) is 5.32 Å². The molecule has 0 bridgehead atoms. The van der Waals surface area contributed by atoms with Crippen LogP contribution in [0.2, 0.25) is 5.02 Å².